The van der Waals surface area contributed by atoms with Gasteiger partial charge in [0.15, 0.2) is 0 Å². The topological polar surface area (TPSA) is 21.3 Å². The summed E-state index contributed by atoms with van der Waals surface area (Å²) in [6, 6.07) is 19.5. The molecule has 0 amide bonds. The third kappa shape index (κ3) is 4.56. The van der Waals surface area contributed by atoms with Crippen LogP contribution in [0, 0.1) is 5.92 Å². The summed E-state index contributed by atoms with van der Waals surface area (Å²) in [7, 11) is 1.94. The first-order valence-electron chi connectivity index (χ1n) is 9.99. The van der Waals surface area contributed by atoms with Crippen LogP contribution in [0.2, 0.25) is 0 Å². The summed E-state index contributed by atoms with van der Waals surface area (Å²) < 4.78 is 5.79. The van der Waals surface area contributed by atoms with Crippen molar-refractivity contribution in [2.24, 2.45) is 5.92 Å². The van der Waals surface area contributed by atoms with Gasteiger partial charge in [0.2, 0.25) is 0 Å². The van der Waals surface area contributed by atoms with E-state index >= 15 is 0 Å². The number of allylic oxidation sites excluding steroid dienone is 1. The fraction of sp³-hybridized carbons (Fsp3) is 0.417. The van der Waals surface area contributed by atoms with E-state index in [0.717, 1.165) is 24.6 Å². The Balaban J connectivity index is 1.95. The maximum absolute atomic E-state index is 5.79. The number of nitrogens with one attached hydrogen (secondary N) is 1. The number of likely N-dealkylation sites (N-methyl/N-ethyl adjacent to an activating group) is 1. The second kappa shape index (κ2) is 9.59. The van der Waals surface area contributed by atoms with Gasteiger partial charge in [0.25, 0.3) is 0 Å². The Bertz CT molecular complexity index is 697. The average Bonchev–Trinajstić information content (AvgIpc) is 3.22. The van der Waals surface area contributed by atoms with Crippen LogP contribution in [0.25, 0.3) is 5.57 Å². The molecule has 138 valence electrons. The molecule has 0 bridgehead atoms. The first-order chi connectivity index (χ1) is 12.8. The lowest BCUT2D eigenvalue weighted by molar-refractivity contribution is 0.318. The van der Waals surface area contributed by atoms with Crippen molar-refractivity contribution < 1.29 is 4.74 Å². The van der Waals surface area contributed by atoms with Crippen LogP contribution in [0.15, 0.2) is 60.2 Å². The van der Waals surface area contributed by atoms with Crippen LogP contribution < -0.4 is 10.1 Å². The largest absolute Gasteiger partial charge is 0.492 e. The second-order valence-electron chi connectivity index (χ2n) is 7.08. The molecule has 0 spiro atoms. The van der Waals surface area contributed by atoms with Crippen molar-refractivity contribution in [2.75, 3.05) is 20.2 Å². The van der Waals surface area contributed by atoms with Crippen molar-refractivity contribution in [1.82, 2.24) is 5.32 Å². The minimum absolute atomic E-state index is 0.694. The molecule has 2 heteroatoms. The van der Waals surface area contributed by atoms with Gasteiger partial charge in [-0.3, -0.25) is 0 Å². The zero-order valence-electron chi connectivity index (χ0n) is 16.1. The number of hydrogen-bond acceptors (Lipinski definition) is 2. The molecular formula is C24H31NO. The molecule has 0 aliphatic heterocycles. The van der Waals surface area contributed by atoms with E-state index in [9.17, 15) is 0 Å². The zero-order chi connectivity index (χ0) is 18.2. The molecule has 0 aromatic heterocycles. The molecule has 2 nitrogen and oxygen atoms in total. The predicted molar refractivity (Wildman–Crippen MR) is 111 cm³/mol. The SMILES string of the molecule is CCC(=C(c1ccccc1)c1ccc(OCCNC)cc1)C1CCCC1. The van der Waals surface area contributed by atoms with E-state index in [1.165, 1.54) is 42.4 Å². The van der Waals surface area contributed by atoms with Crippen molar-refractivity contribution >= 4 is 5.57 Å². The summed E-state index contributed by atoms with van der Waals surface area (Å²) in [5.74, 6) is 1.68. The fourth-order valence-corrected chi connectivity index (χ4v) is 4.07. The third-order valence-corrected chi connectivity index (χ3v) is 5.38. The summed E-state index contributed by atoms with van der Waals surface area (Å²) in [5, 5.41) is 3.11. The van der Waals surface area contributed by atoms with Crippen molar-refractivity contribution in [3.8, 4) is 5.75 Å². The van der Waals surface area contributed by atoms with Crippen LogP contribution in [-0.2, 0) is 0 Å². The van der Waals surface area contributed by atoms with Crippen molar-refractivity contribution in [3.05, 3.63) is 71.3 Å². The molecule has 1 aliphatic rings. The van der Waals surface area contributed by atoms with Gasteiger partial charge >= 0.3 is 0 Å². The van der Waals surface area contributed by atoms with E-state index in [0.29, 0.717) is 6.61 Å². The highest BCUT2D eigenvalue weighted by molar-refractivity contribution is 5.82. The molecule has 1 saturated carbocycles. The number of ether oxygens (including phenoxy) is 1. The normalized spacial score (nSPS) is 15.8. The number of benzene rings is 2. The summed E-state index contributed by atoms with van der Waals surface area (Å²) >= 11 is 0. The van der Waals surface area contributed by atoms with Gasteiger partial charge in [0.1, 0.15) is 12.4 Å². The quantitative estimate of drug-likeness (QED) is 0.618. The number of rotatable bonds is 8. The fourth-order valence-electron chi connectivity index (χ4n) is 4.07. The van der Waals surface area contributed by atoms with Crippen molar-refractivity contribution in [3.63, 3.8) is 0 Å². The van der Waals surface area contributed by atoms with Gasteiger partial charge < -0.3 is 10.1 Å². The minimum atomic E-state index is 0.694. The van der Waals surface area contributed by atoms with E-state index in [2.05, 4.69) is 66.8 Å². The lowest BCUT2D eigenvalue weighted by Gasteiger charge is -2.21. The van der Waals surface area contributed by atoms with Crippen LogP contribution >= 0.6 is 0 Å². The Morgan fingerprint density at radius 1 is 0.962 bits per heavy atom. The van der Waals surface area contributed by atoms with Crippen LogP contribution in [0.4, 0.5) is 0 Å². The standard InChI is InChI=1S/C24H31NO/c1-3-23(19-9-7-8-10-19)24(20-11-5-4-6-12-20)21-13-15-22(16-14-21)26-18-17-25-2/h4-6,11-16,19,25H,3,7-10,17-18H2,1-2H3. The van der Waals surface area contributed by atoms with Gasteiger partial charge in [-0.1, -0.05) is 67.8 Å². The summed E-state index contributed by atoms with van der Waals surface area (Å²) in [4.78, 5) is 0. The second-order valence-corrected chi connectivity index (χ2v) is 7.08. The highest BCUT2D eigenvalue weighted by atomic mass is 16.5. The molecule has 26 heavy (non-hydrogen) atoms. The van der Waals surface area contributed by atoms with Crippen LogP contribution in [0.3, 0.4) is 0 Å². The summed E-state index contributed by atoms with van der Waals surface area (Å²) in [6.45, 7) is 3.86. The lowest BCUT2D eigenvalue weighted by Crippen LogP contribution is -2.15. The first kappa shape index (κ1) is 18.7. The Morgan fingerprint density at radius 2 is 1.62 bits per heavy atom. The molecule has 3 rings (SSSR count). The van der Waals surface area contributed by atoms with Gasteiger partial charge in [0, 0.05) is 6.54 Å². The number of hydrogen-bond donors (Lipinski definition) is 1. The van der Waals surface area contributed by atoms with Gasteiger partial charge in [-0.25, -0.2) is 0 Å². The zero-order valence-corrected chi connectivity index (χ0v) is 16.1. The van der Waals surface area contributed by atoms with E-state index in [1.807, 2.05) is 7.05 Å². The first-order valence-corrected chi connectivity index (χ1v) is 9.99. The summed E-state index contributed by atoms with van der Waals surface area (Å²) in [6.07, 6.45) is 6.54. The Labute approximate surface area is 158 Å². The predicted octanol–water partition coefficient (Wildman–Crippen LogP) is 5.69. The maximum Gasteiger partial charge on any atom is 0.119 e. The molecule has 2 aromatic carbocycles. The Morgan fingerprint density at radius 3 is 2.23 bits per heavy atom. The molecule has 2 aromatic rings. The molecule has 1 N–H and O–H groups in total. The molecular weight excluding hydrogens is 318 g/mol. The molecule has 0 atom stereocenters. The molecule has 0 radical (unpaired) electrons. The average molecular weight is 350 g/mol. The molecule has 0 heterocycles. The van der Waals surface area contributed by atoms with Crippen LogP contribution in [0.5, 0.6) is 5.75 Å². The summed E-state index contributed by atoms with van der Waals surface area (Å²) in [5.41, 5.74) is 5.69. The molecule has 1 fully saturated rings. The lowest BCUT2D eigenvalue weighted by atomic mass is 9.84. The Hall–Kier alpha value is -2.06. The van der Waals surface area contributed by atoms with Gasteiger partial charge in [-0.15, -0.1) is 0 Å². The highest BCUT2D eigenvalue weighted by Crippen LogP contribution is 2.39. The van der Waals surface area contributed by atoms with Gasteiger partial charge in [0.05, 0.1) is 0 Å². The third-order valence-electron chi connectivity index (χ3n) is 5.38. The molecule has 0 unspecified atom stereocenters. The minimum Gasteiger partial charge on any atom is -0.492 e. The van der Waals surface area contributed by atoms with E-state index < -0.39 is 0 Å². The van der Waals surface area contributed by atoms with Crippen molar-refractivity contribution in [1.29, 1.82) is 0 Å². The van der Waals surface area contributed by atoms with E-state index in [1.54, 1.807) is 5.57 Å². The van der Waals surface area contributed by atoms with Crippen LogP contribution in [0.1, 0.15) is 50.2 Å². The van der Waals surface area contributed by atoms with Gasteiger partial charge in [-0.05, 0) is 61.1 Å². The molecule has 1 aliphatic carbocycles. The monoisotopic (exact) mass is 349 g/mol. The highest BCUT2D eigenvalue weighted by Gasteiger charge is 2.22. The van der Waals surface area contributed by atoms with E-state index in [4.69, 9.17) is 4.74 Å². The van der Waals surface area contributed by atoms with Gasteiger partial charge in [-0.2, -0.15) is 0 Å². The Kier molecular flexibility index (Phi) is 6.90. The maximum atomic E-state index is 5.79. The smallest absolute Gasteiger partial charge is 0.119 e. The van der Waals surface area contributed by atoms with E-state index in [-0.39, 0.29) is 0 Å². The van der Waals surface area contributed by atoms with Crippen molar-refractivity contribution in [2.45, 2.75) is 39.0 Å². The van der Waals surface area contributed by atoms with Crippen LogP contribution in [-0.4, -0.2) is 20.2 Å². The molecule has 0 saturated heterocycles.